The first kappa shape index (κ1) is 14.8. The maximum absolute atomic E-state index is 11.9. The number of hydrogen-bond donors (Lipinski definition) is 0. The summed E-state index contributed by atoms with van der Waals surface area (Å²) in [5, 5.41) is 0. The number of carbonyl (C=O) groups excluding carboxylic acids is 1. The third-order valence-corrected chi connectivity index (χ3v) is 2.66. The van der Waals surface area contributed by atoms with Gasteiger partial charge in [-0.25, -0.2) is 9.79 Å². The van der Waals surface area contributed by atoms with Gasteiger partial charge in [0.05, 0.1) is 12.3 Å². The molecule has 0 saturated carbocycles. The van der Waals surface area contributed by atoms with Crippen molar-refractivity contribution in [3.05, 3.63) is 66.2 Å². The quantitative estimate of drug-likeness (QED) is 0.490. The van der Waals surface area contributed by atoms with Crippen LogP contribution in [0, 0.1) is 0 Å². The van der Waals surface area contributed by atoms with Gasteiger partial charge in [-0.3, -0.25) is 0 Å². The van der Waals surface area contributed by atoms with E-state index in [0.717, 1.165) is 5.56 Å². The van der Waals surface area contributed by atoms with Crippen molar-refractivity contribution in [2.75, 3.05) is 6.61 Å². The van der Waals surface area contributed by atoms with Crippen molar-refractivity contribution in [3.63, 3.8) is 0 Å². The van der Waals surface area contributed by atoms with E-state index >= 15 is 0 Å². The van der Waals surface area contributed by atoms with Crippen molar-refractivity contribution < 1.29 is 14.3 Å². The lowest BCUT2D eigenvalue weighted by Crippen LogP contribution is -2.20. The molecule has 4 heteroatoms. The van der Waals surface area contributed by atoms with E-state index in [1.807, 2.05) is 48.5 Å². The van der Waals surface area contributed by atoms with Crippen LogP contribution in [0.3, 0.4) is 0 Å². The minimum atomic E-state index is -0.558. The summed E-state index contributed by atoms with van der Waals surface area (Å²) in [4.78, 5) is 16.1. The van der Waals surface area contributed by atoms with Gasteiger partial charge in [-0.05, 0) is 24.6 Å². The van der Waals surface area contributed by atoms with Gasteiger partial charge in [-0.15, -0.1) is 0 Å². The van der Waals surface area contributed by atoms with Crippen LogP contribution in [-0.4, -0.2) is 18.5 Å². The zero-order valence-electron chi connectivity index (χ0n) is 11.9. The van der Waals surface area contributed by atoms with Crippen LogP contribution in [0.15, 0.2) is 65.7 Å². The molecule has 0 saturated heterocycles. The van der Waals surface area contributed by atoms with Crippen LogP contribution in [0.5, 0.6) is 0 Å². The maximum Gasteiger partial charge on any atom is 0.394 e. The van der Waals surface area contributed by atoms with Gasteiger partial charge in [-0.2, -0.15) is 0 Å². The summed E-state index contributed by atoms with van der Waals surface area (Å²) in [7, 11) is 0. The summed E-state index contributed by atoms with van der Waals surface area (Å²) in [5.74, 6) is -0.593. The first-order chi connectivity index (χ1) is 10.3. The Balaban J connectivity index is 2.13. The van der Waals surface area contributed by atoms with E-state index in [0.29, 0.717) is 5.69 Å². The fraction of sp³-hybridized carbons (Fsp3) is 0.176. The van der Waals surface area contributed by atoms with Crippen molar-refractivity contribution in [1.29, 1.82) is 0 Å². The third-order valence-electron chi connectivity index (χ3n) is 2.66. The molecule has 2 rings (SSSR count). The molecule has 21 heavy (non-hydrogen) atoms. The lowest BCUT2D eigenvalue weighted by atomic mass is 10.2. The molecule has 0 spiro atoms. The molecule has 0 fully saturated rings. The summed E-state index contributed by atoms with van der Waals surface area (Å²) < 4.78 is 10.5. The number of para-hydroxylation sites is 1. The van der Waals surface area contributed by atoms with Gasteiger partial charge in [0, 0.05) is 0 Å². The number of carbonyl (C=O) groups is 1. The highest BCUT2D eigenvalue weighted by Crippen LogP contribution is 2.12. The fourth-order valence-electron chi connectivity index (χ4n) is 1.68. The monoisotopic (exact) mass is 283 g/mol. The van der Waals surface area contributed by atoms with Crippen LogP contribution in [0.2, 0.25) is 0 Å². The van der Waals surface area contributed by atoms with Crippen LogP contribution < -0.4 is 0 Å². The summed E-state index contributed by atoms with van der Waals surface area (Å²) in [6, 6.07) is 18.8. The molecule has 4 nitrogen and oxygen atoms in total. The summed E-state index contributed by atoms with van der Waals surface area (Å²) in [6.45, 7) is 2.29. The van der Waals surface area contributed by atoms with E-state index in [9.17, 15) is 4.79 Å². The Hall–Kier alpha value is -2.62. The molecule has 0 aliphatic heterocycles. The van der Waals surface area contributed by atoms with Crippen LogP contribution in [0.4, 0.5) is 5.69 Å². The lowest BCUT2D eigenvalue weighted by molar-refractivity contribution is -0.136. The second kappa shape index (κ2) is 7.85. The number of esters is 1. The Morgan fingerprint density at radius 3 is 2.19 bits per heavy atom. The van der Waals surface area contributed by atoms with Crippen molar-refractivity contribution in [2.45, 2.75) is 13.5 Å². The molecule has 0 unspecified atom stereocenters. The molecule has 0 N–H and O–H groups in total. The largest absolute Gasteiger partial charge is 0.468 e. The van der Waals surface area contributed by atoms with Gasteiger partial charge in [0.2, 0.25) is 0 Å². The maximum atomic E-state index is 11.9. The minimum Gasteiger partial charge on any atom is -0.468 e. The molecule has 0 aromatic heterocycles. The average Bonchev–Trinajstić information content (AvgIpc) is 2.53. The fourth-order valence-corrected chi connectivity index (χ4v) is 1.68. The molecule has 2 aromatic carbocycles. The minimum absolute atomic E-state index is 0.0353. The molecule has 0 aliphatic carbocycles. The Labute approximate surface area is 124 Å². The van der Waals surface area contributed by atoms with E-state index in [2.05, 4.69) is 4.99 Å². The molecule has 0 atom stereocenters. The third kappa shape index (κ3) is 4.76. The van der Waals surface area contributed by atoms with Crippen LogP contribution in [-0.2, 0) is 20.9 Å². The number of ether oxygens (including phenoxy) is 2. The Kier molecular flexibility index (Phi) is 5.52. The van der Waals surface area contributed by atoms with Gasteiger partial charge < -0.3 is 9.47 Å². The number of hydrogen-bond acceptors (Lipinski definition) is 4. The highest BCUT2D eigenvalue weighted by atomic mass is 16.6. The van der Waals surface area contributed by atoms with E-state index in [4.69, 9.17) is 9.47 Å². The van der Waals surface area contributed by atoms with Crippen LogP contribution in [0.25, 0.3) is 0 Å². The number of benzene rings is 2. The average molecular weight is 283 g/mol. The molecule has 0 bridgehead atoms. The summed E-state index contributed by atoms with van der Waals surface area (Å²) in [5.41, 5.74) is 1.61. The zero-order chi connectivity index (χ0) is 14.9. The standard InChI is InChI=1S/C17H17NO3/c1-2-20-17(19)16(18-15-11-7-4-8-12-15)21-13-14-9-5-3-6-10-14/h3-12H,2,13H2,1H3. The van der Waals surface area contributed by atoms with Gasteiger partial charge in [0.25, 0.3) is 0 Å². The van der Waals surface area contributed by atoms with Gasteiger partial charge in [-0.1, -0.05) is 48.5 Å². The zero-order valence-corrected chi connectivity index (χ0v) is 11.9. The molecule has 0 radical (unpaired) electrons. The van der Waals surface area contributed by atoms with Gasteiger partial charge >= 0.3 is 11.9 Å². The van der Waals surface area contributed by atoms with E-state index < -0.39 is 5.97 Å². The molecular formula is C17H17NO3. The second-order valence-electron chi connectivity index (χ2n) is 4.25. The van der Waals surface area contributed by atoms with Crippen molar-refractivity contribution in [3.8, 4) is 0 Å². The Morgan fingerprint density at radius 2 is 1.57 bits per heavy atom. The summed E-state index contributed by atoms with van der Waals surface area (Å²) >= 11 is 0. The first-order valence-electron chi connectivity index (χ1n) is 6.77. The molecule has 2 aromatic rings. The number of aliphatic imine (C=N–C) groups is 1. The topological polar surface area (TPSA) is 47.9 Å². The van der Waals surface area contributed by atoms with E-state index in [1.54, 1.807) is 19.1 Å². The smallest absolute Gasteiger partial charge is 0.394 e. The number of rotatable bonds is 4. The van der Waals surface area contributed by atoms with Crippen molar-refractivity contribution in [1.82, 2.24) is 0 Å². The Bertz CT molecular complexity index is 594. The van der Waals surface area contributed by atoms with Gasteiger partial charge in [0.15, 0.2) is 0 Å². The molecule has 108 valence electrons. The predicted molar refractivity (Wildman–Crippen MR) is 81.4 cm³/mol. The number of nitrogens with zero attached hydrogens (tertiary/aromatic N) is 1. The van der Waals surface area contributed by atoms with Crippen LogP contribution in [0.1, 0.15) is 12.5 Å². The molecular weight excluding hydrogens is 266 g/mol. The summed E-state index contributed by atoms with van der Waals surface area (Å²) in [6.07, 6.45) is 0. The first-order valence-corrected chi connectivity index (χ1v) is 6.77. The second-order valence-corrected chi connectivity index (χ2v) is 4.25. The normalized spacial score (nSPS) is 11.0. The van der Waals surface area contributed by atoms with Crippen molar-refractivity contribution in [2.24, 2.45) is 4.99 Å². The highest BCUT2D eigenvalue weighted by Gasteiger charge is 2.15. The molecule has 0 heterocycles. The Morgan fingerprint density at radius 1 is 0.952 bits per heavy atom. The molecule has 0 amide bonds. The van der Waals surface area contributed by atoms with Crippen molar-refractivity contribution >= 4 is 17.6 Å². The van der Waals surface area contributed by atoms with Crippen LogP contribution >= 0.6 is 0 Å². The highest BCUT2D eigenvalue weighted by molar-refractivity contribution is 6.33. The lowest BCUT2D eigenvalue weighted by Gasteiger charge is -2.08. The SMILES string of the molecule is CCOC(=O)C(=Nc1ccccc1)OCc1ccccc1. The van der Waals surface area contributed by atoms with Gasteiger partial charge in [0.1, 0.15) is 6.61 Å². The van der Waals surface area contributed by atoms with E-state index in [1.165, 1.54) is 0 Å². The molecule has 0 aliphatic rings. The van der Waals surface area contributed by atoms with E-state index in [-0.39, 0.29) is 19.1 Å². The predicted octanol–water partition coefficient (Wildman–Crippen LogP) is 3.50.